The van der Waals surface area contributed by atoms with Crippen LogP contribution < -0.4 is 11.1 Å². The molecule has 0 aliphatic heterocycles. The number of carbonyl (C=O) groups is 1. The van der Waals surface area contributed by atoms with Crippen LogP contribution in [0.25, 0.3) is 0 Å². The second-order valence-corrected chi connectivity index (χ2v) is 2.68. The van der Waals surface area contributed by atoms with Gasteiger partial charge in [0, 0.05) is 12.2 Å². The Kier molecular flexibility index (Phi) is 10.7. The van der Waals surface area contributed by atoms with Gasteiger partial charge in [-0.3, -0.25) is 4.79 Å². The summed E-state index contributed by atoms with van der Waals surface area (Å²) in [4.78, 5) is 10.2. The Bertz CT molecular complexity index is 204. The summed E-state index contributed by atoms with van der Waals surface area (Å²) in [6, 6.07) is -1.01. The van der Waals surface area contributed by atoms with Gasteiger partial charge in [0.2, 0.25) is 0 Å². The Balaban J connectivity index is 0. The number of nitrogens with one attached hydrogen (secondary N) is 1. The quantitative estimate of drug-likeness (QED) is 0.518. The molecule has 1 atom stereocenters. The minimum absolute atomic E-state index is 0. The van der Waals surface area contributed by atoms with Gasteiger partial charge in [-0.15, -0.1) is 12.4 Å². The molecule has 0 aromatic heterocycles. The fourth-order valence-electron chi connectivity index (χ4n) is 0.629. The lowest BCUT2D eigenvalue weighted by Crippen LogP contribution is -2.35. The predicted molar refractivity (Wildman–Crippen MR) is 56.8 cm³/mol. The van der Waals surface area contributed by atoms with Crippen molar-refractivity contribution in [3.05, 3.63) is 12.3 Å². The predicted octanol–water partition coefficient (Wildman–Crippen LogP) is -0.0905. The molecule has 0 spiro atoms. The second-order valence-electron chi connectivity index (χ2n) is 2.68. The van der Waals surface area contributed by atoms with Crippen LogP contribution in [-0.4, -0.2) is 43.6 Å². The standard InChI is InChI=1S/C8H15FN2O3.ClH/c1-6(4-9)11-2-3-14-5-7(10)8(12)13;/h7,11H,1-5,10H2,(H,12,13);1H. The highest BCUT2D eigenvalue weighted by Crippen LogP contribution is 1.85. The van der Waals surface area contributed by atoms with Gasteiger partial charge in [0.1, 0.15) is 12.7 Å². The minimum atomic E-state index is -1.11. The van der Waals surface area contributed by atoms with Crippen LogP contribution >= 0.6 is 12.4 Å². The summed E-state index contributed by atoms with van der Waals surface area (Å²) in [6.45, 7) is 3.33. The zero-order valence-electron chi connectivity index (χ0n) is 8.24. The maximum Gasteiger partial charge on any atom is 0.322 e. The fraction of sp³-hybridized carbons (Fsp3) is 0.625. The highest BCUT2D eigenvalue weighted by atomic mass is 35.5. The molecular weight excluding hydrogens is 227 g/mol. The van der Waals surface area contributed by atoms with Gasteiger partial charge >= 0.3 is 5.97 Å². The first-order valence-electron chi connectivity index (χ1n) is 4.11. The van der Waals surface area contributed by atoms with Crippen molar-refractivity contribution in [2.45, 2.75) is 6.04 Å². The van der Waals surface area contributed by atoms with Gasteiger partial charge in [0.15, 0.2) is 0 Å². The van der Waals surface area contributed by atoms with Crippen molar-refractivity contribution < 1.29 is 19.0 Å². The molecule has 15 heavy (non-hydrogen) atoms. The summed E-state index contributed by atoms with van der Waals surface area (Å²) in [5.41, 5.74) is 5.44. The van der Waals surface area contributed by atoms with Gasteiger partial charge in [0.05, 0.1) is 13.2 Å². The summed E-state index contributed by atoms with van der Waals surface area (Å²) in [6.07, 6.45) is 0. The molecule has 7 heteroatoms. The van der Waals surface area contributed by atoms with E-state index in [0.29, 0.717) is 6.54 Å². The first kappa shape index (κ1) is 16.6. The van der Waals surface area contributed by atoms with Gasteiger partial charge in [-0.1, -0.05) is 6.58 Å². The second kappa shape index (κ2) is 9.70. The van der Waals surface area contributed by atoms with E-state index in [9.17, 15) is 9.18 Å². The molecule has 0 saturated heterocycles. The molecule has 0 fully saturated rings. The third kappa shape index (κ3) is 9.45. The molecule has 0 aliphatic carbocycles. The number of allylic oxidation sites excluding steroid dienone is 1. The van der Waals surface area contributed by atoms with E-state index in [4.69, 9.17) is 15.6 Å². The van der Waals surface area contributed by atoms with Crippen LogP contribution in [0.5, 0.6) is 0 Å². The Morgan fingerprint density at radius 1 is 1.67 bits per heavy atom. The summed E-state index contributed by atoms with van der Waals surface area (Å²) in [5, 5.41) is 11.0. The first-order valence-corrected chi connectivity index (χ1v) is 4.11. The van der Waals surface area contributed by atoms with E-state index in [1.807, 2.05) is 0 Å². The molecular formula is C8H16ClFN2O3. The molecule has 0 amide bonds. The Morgan fingerprint density at radius 2 is 2.27 bits per heavy atom. The van der Waals surface area contributed by atoms with Crippen molar-refractivity contribution in [1.82, 2.24) is 5.32 Å². The molecule has 4 N–H and O–H groups in total. The van der Waals surface area contributed by atoms with Crippen molar-refractivity contribution in [2.75, 3.05) is 26.4 Å². The van der Waals surface area contributed by atoms with Crippen LogP contribution in [-0.2, 0) is 9.53 Å². The lowest BCUT2D eigenvalue weighted by molar-refractivity contribution is -0.139. The molecule has 0 aliphatic rings. The minimum Gasteiger partial charge on any atom is -0.480 e. The zero-order chi connectivity index (χ0) is 11.0. The van der Waals surface area contributed by atoms with Crippen LogP contribution in [0, 0.1) is 0 Å². The van der Waals surface area contributed by atoms with E-state index >= 15 is 0 Å². The number of rotatable bonds is 8. The van der Waals surface area contributed by atoms with Crippen molar-refractivity contribution >= 4 is 18.4 Å². The average molecular weight is 243 g/mol. The van der Waals surface area contributed by atoms with Gasteiger partial charge in [-0.25, -0.2) is 4.39 Å². The molecule has 0 heterocycles. The number of hydrogen-bond donors (Lipinski definition) is 3. The largest absolute Gasteiger partial charge is 0.480 e. The molecule has 0 rings (SSSR count). The lowest BCUT2D eigenvalue weighted by Gasteiger charge is -2.09. The van der Waals surface area contributed by atoms with Crippen molar-refractivity contribution in [1.29, 1.82) is 0 Å². The molecule has 0 aromatic rings. The molecule has 1 unspecified atom stereocenters. The number of aliphatic carboxylic acids is 1. The number of halogens is 2. The third-order valence-corrected chi connectivity index (χ3v) is 1.40. The van der Waals surface area contributed by atoms with E-state index in [1.165, 1.54) is 0 Å². The van der Waals surface area contributed by atoms with Crippen LogP contribution in [0.4, 0.5) is 4.39 Å². The summed E-state index contributed by atoms with van der Waals surface area (Å²) >= 11 is 0. The normalized spacial score (nSPS) is 11.3. The number of ether oxygens (including phenoxy) is 1. The van der Waals surface area contributed by atoms with E-state index in [0.717, 1.165) is 0 Å². The Hall–Kier alpha value is -0.850. The molecule has 5 nitrogen and oxygen atoms in total. The van der Waals surface area contributed by atoms with Crippen molar-refractivity contribution in [3.63, 3.8) is 0 Å². The molecule has 0 saturated carbocycles. The number of carboxylic acids is 1. The summed E-state index contributed by atoms with van der Waals surface area (Å²) in [7, 11) is 0. The third-order valence-electron chi connectivity index (χ3n) is 1.40. The summed E-state index contributed by atoms with van der Waals surface area (Å²) in [5.74, 6) is -1.11. The Labute approximate surface area is 93.9 Å². The zero-order valence-corrected chi connectivity index (χ0v) is 9.06. The van der Waals surface area contributed by atoms with Gasteiger partial charge in [-0.2, -0.15) is 0 Å². The number of hydrogen-bond acceptors (Lipinski definition) is 4. The summed E-state index contributed by atoms with van der Waals surface area (Å²) < 4.78 is 16.7. The number of carboxylic acid groups (broad SMARTS) is 1. The molecule has 90 valence electrons. The van der Waals surface area contributed by atoms with Gasteiger partial charge in [0.25, 0.3) is 0 Å². The van der Waals surface area contributed by atoms with Gasteiger partial charge < -0.3 is 20.9 Å². The van der Waals surface area contributed by atoms with Crippen LogP contribution in [0.2, 0.25) is 0 Å². The van der Waals surface area contributed by atoms with Gasteiger partial charge in [-0.05, 0) is 0 Å². The van der Waals surface area contributed by atoms with Crippen molar-refractivity contribution in [2.24, 2.45) is 5.73 Å². The first-order chi connectivity index (χ1) is 6.57. The van der Waals surface area contributed by atoms with Crippen LogP contribution in [0.1, 0.15) is 0 Å². The number of alkyl halides is 1. The highest BCUT2D eigenvalue weighted by molar-refractivity contribution is 5.85. The Morgan fingerprint density at radius 3 is 2.73 bits per heavy atom. The average Bonchev–Trinajstić information content (AvgIpc) is 2.16. The topological polar surface area (TPSA) is 84.6 Å². The highest BCUT2D eigenvalue weighted by Gasteiger charge is 2.10. The molecule has 0 radical (unpaired) electrons. The smallest absolute Gasteiger partial charge is 0.322 e. The maximum absolute atomic E-state index is 11.8. The van der Waals surface area contributed by atoms with E-state index in [2.05, 4.69) is 11.9 Å². The maximum atomic E-state index is 11.8. The number of nitrogens with two attached hydrogens (primary N) is 1. The SMILES string of the molecule is C=C(CF)NCCOCC(N)C(=O)O.Cl. The fourth-order valence-corrected chi connectivity index (χ4v) is 0.629. The van der Waals surface area contributed by atoms with E-state index < -0.39 is 18.7 Å². The van der Waals surface area contributed by atoms with Crippen LogP contribution in [0.15, 0.2) is 12.3 Å². The van der Waals surface area contributed by atoms with Crippen molar-refractivity contribution in [3.8, 4) is 0 Å². The lowest BCUT2D eigenvalue weighted by atomic mass is 10.3. The van der Waals surface area contributed by atoms with Crippen LogP contribution in [0.3, 0.4) is 0 Å². The molecule has 0 bridgehead atoms. The molecule has 0 aromatic carbocycles. The van der Waals surface area contributed by atoms with E-state index in [1.54, 1.807) is 0 Å². The van der Waals surface area contributed by atoms with E-state index in [-0.39, 0.29) is 31.3 Å². The monoisotopic (exact) mass is 242 g/mol.